The van der Waals surface area contributed by atoms with Crippen LogP contribution >= 0.6 is 11.6 Å². The molecule has 3 nitrogen and oxygen atoms in total. The summed E-state index contributed by atoms with van der Waals surface area (Å²) >= 11 is 5.76. The minimum atomic E-state index is 0.373. The molecule has 0 aliphatic carbocycles. The summed E-state index contributed by atoms with van der Waals surface area (Å²) in [6, 6.07) is 0. The number of rotatable bonds is 1. The van der Waals surface area contributed by atoms with Gasteiger partial charge in [0.2, 0.25) is 0 Å². The van der Waals surface area contributed by atoms with Crippen LogP contribution in [0.3, 0.4) is 0 Å². The Kier molecular flexibility index (Phi) is 2.29. The maximum Gasteiger partial charge on any atom is 0.177 e. The topological polar surface area (TPSA) is 35.0 Å². The van der Waals surface area contributed by atoms with Crippen molar-refractivity contribution in [2.75, 3.05) is 7.11 Å². The summed E-state index contributed by atoms with van der Waals surface area (Å²) in [4.78, 5) is 8.02. The largest absolute Gasteiger partial charge is 0.492 e. The lowest BCUT2D eigenvalue weighted by molar-refractivity contribution is 0.406. The number of ether oxygens (including phenoxy) is 1. The number of hydrogen-bond acceptors (Lipinski definition) is 3. The van der Waals surface area contributed by atoms with Gasteiger partial charge < -0.3 is 4.74 Å². The Balaban J connectivity index is 3.25. The van der Waals surface area contributed by atoms with Gasteiger partial charge in [-0.05, 0) is 13.8 Å². The number of hydrogen-bond donors (Lipinski definition) is 0. The molecule has 1 aromatic rings. The van der Waals surface area contributed by atoms with Crippen LogP contribution in [0.15, 0.2) is 0 Å². The molecule has 0 saturated carbocycles. The van der Waals surface area contributed by atoms with E-state index in [1.54, 1.807) is 14.0 Å². The third kappa shape index (κ3) is 1.60. The molecule has 0 unspecified atom stereocenters. The lowest BCUT2D eigenvalue weighted by atomic mass is 10.4. The van der Waals surface area contributed by atoms with Crippen molar-refractivity contribution >= 4 is 11.6 Å². The molecule has 1 rings (SSSR count). The highest BCUT2D eigenvalue weighted by molar-refractivity contribution is 6.30. The molecule has 0 atom stereocenters. The van der Waals surface area contributed by atoms with E-state index >= 15 is 0 Å². The smallest absolute Gasteiger partial charge is 0.177 e. The molecule has 11 heavy (non-hydrogen) atoms. The fourth-order valence-corrected chi connectivity index (χ4v) is 1.23. The molecule has 4 heteroatoms. The van der Waals surface area contributed by atoms with Crippen molar-refractivity contribution in [1.29, 1.82) is 0 Å². The predicted molar refractivity (Wildman–Crippen MR) is 43.1 cm³/mol. The number of aryl methyl sites for hydroxylation is 2. The lowest BCUT2D eigenvalue weighted by Gasteiger charge is -2.04. The molecule has 1 aromatic heterocycles. The van der Waals surface area contributed by atoms with Crippen LogP contribution in [0.25, 0.3) is 0 Å². The van der Waals surface area contributed by atoms with E-state index in [4.69, 9.17) is 16.3 Å². The molecule has 60 valence electrons. The van der Waals surface area contributed by atoms with Gasteiger partial charge in [-0.3, -0.25) is 0 Å². The van der Waals surface area contributed by atoms with E-state index in [1.165, 1.54) is 0 Å². The second-order valence-corrected chi connectivity index (χ2v) is 2.54. The number of aromatic nitrogens is 2. The van der Waals surface area contributed by atoms with E-state index in [1.807, 2.05) is 6.92 Å². The van der Waals surface area contributed by atoms with Gasteiger partial charge in [-0.25, -0.2) is 9.97 Å². The molecule has 0 aromatic carbocycles. The summed E-state index contributed by atoms with van der Waals surface area (Å²) in [7, 11) is 1.55. The molecule has 0 aliphatic heterocycles. The first-order chi connectivity index (χ1) is 5.15. The van der Waals surface area contributed by atoms with Crippen molar-refractivity contribution in [3.63, 3.8) is 0 Å². The van der Waals surface area contributed by atoms with Gasteiger partial charge in [-0.1, -0.05) is 11.6 Å². The van der Waals surface area contributed by atoms with Crippen LogP contribution in [0.4, 0.5) is 0 Å². The van der Waals surface area contributed by atoms with Crippen LogP contribution in [-0.4, -0.2) is 17.1 Å². The zero-order valence-corrected chi connectivity index (χ0v) is 7.44. The van der Waals surface area contributed by atoms with Crippen LogP contribution in [0.1, 0.15) is 11.5 Å². The normalized spacial score (nSPS) is 9.82. The molecular weight excluding hydrogens is 164 g/mol. The van der Waals surface area contributed by atoms with Crippen LogP contribution in [0.2, 0.25) is 5.15 Å². The van der Waals surface area contributed by atoms with Gasteiger partial charge in [0.15, 0.2) is 10.9 Å². The third-order valence-electron chi connectivity index (χ3n) is 1.31. The van der Waals surface area contributed by atoms with Crippen molar-refractivity contribution < 1.29 is 4.74 Å². The Morgan fingerprint density at radius 2 is 1.91 bits per heavy atom. The highest BCUT2D eigenvalue weighted by atomic mass is 35.5. The summed E-state index contributed by atoms with van der Waals surface area (Å²) in [5, 5.41) is 0.373. The molecule has 0 fully saturated rings. The molecule has 1 heterocycles. The summed E-state index contributed by atoms with van der Waals surface area (Å²) < 4.78 is 4.97. The minimum Gasteiger partial charge on any atom is -0.492 e. The minimum absolute atomic E-state index is 0.373. The molecular formula is C7H9ClN2O. The molecule has 0 bridgehead atoms. The predicted octanol–water partition coefficient (Wildman–Crippen LogP) is 1.76. The van der Waals surface area contributed by atoms with Crippen molar-refractivity contribution in [2.45, 2.75) is 13.8 Å². The van der Waals surface area contributed by atoms with Crippen molar-refractivity contribution in [3.8, 4) is 5.75 Å². The van der Waals surface area contributed by atoms with Crippen molar-refractivity contribution in [1.82, 2.24) is 9.97 Å². The first kappa shape index (κ1) is 8.27. The summed E-state index contributed by atoms with van der Waals surface area (Å²) in [6.07, 6.45) is 0. The van der Waals surface area contributed by atoms with Crippen molar-refractivity contribution in [3.05, 3.63) is 16.7 Å². The summed E-state index contributed by atoms with van der Waals surface area (Å²) in [5.74, 6) is 1.21. The Morgan fingerprint density at radius 1 is 1.27 bits per heavy atom. The second-order valence-electron chi connectivity index (χ2n) is 2.18. The standard InChI is InChI=1S/C7H9ClN2O/c1-4-6(11-3)7(8)10-5(2)9-4/h1-3H3. The lowest BCUT2D eigenvalue weighted by Crippen LogP contribution is -1.96. The number of nitrogens with zero attached hydrogens (tertiary/aromatic N) is 2. The van der Waals surface area contributed by atoms with Gasteiger partial charge in [0.1, 0.15) is 5.82 Å². The summed E-state index contributed by atoms with van der Waals surface area (Å²) in [5.41, 5.74) is 0.769. The zero-order chi connectivity index (χ0) is 8.43. The Bertz CT molecular complexity index is 252. The maximum absolute atomic E-state index is 5.76. The average Bonchev–Trinajstić information content (AvgIpc) is 1.85. The van der Waals surface area contributed by atoms with Gasteiger partial charge in [-0.15, -0.1) is 0 Å². The van der Waals surface area contributed by atoms with Gasteiger partial charge >= 0.3 is 0 Å². The monoisotopic (exact) mass is 172 g/mol. The maximum atomic E-state index is 5.76. The van der Waals surface area contributed by atoms with Crippen LogP contribution in [0, 0.1) is 13.8 Å². The van der Waals surface area contributed by atoms with Crippen LogP contribution in [-0.2, 0) is 0 Å². The van der Waals surface area contributed by atoms with Gasteiger partial charge in [0, 0.05) is 0 Å². The van der Waals surface area contributed by atoms with Gasteiger partial charge in [-0.2, -0.15) is 0 Å². The SMILES string of the molecule is COc1c(C)nc(C)nc1Cl. The van der Waals surface area contributed by atoms with E-state index in [9.17, 15) is 0 Å². The molecule has 0 spiro atoms. The first-order valence-corrected chi connectivity index (χ1v) is 3.57. The molecule has 0 radical (unpaired) electrons. The quantitative estimate of drug-likeness (QED) is 0.606. The second kappa shape index (κ2) is 3.05. The Labute approximate surface area is 70.4 Å². The molecule has 0 N–H and O–H groups in total. The van der Waals surface area contributed by atoms with Gasteiger partial charge in [0.05, 0.1) is 12.8 Å². The fraction of sp³-hybridized carbons (Fsp3) is 0.429. The zero-order valence-electron chi connectivity index (χ0n) is 6.68. The number of halogens is 1. The van der Waals surface area contributed by atoms with E-state index < -0.39 is 0 Å². The van der Waals surface area contributed by atoms with E-state index in [0.717, 1.165) is 5.69 Å². The van der Waals surface area contributed by atoms with E-state index in [2.05, 4.69) is 9.97 Å². The van der Waals surface area contributed by atoms with Crippen LogP contribution in [0.5, 0.6) is 5.75 Å². The molecule has 0 aliphatic rings. The highest BCUT2D eigenvalue weighted by Gasteiger charge is 2.06. The van der Waals surface area contributed by atoms with Crippen molar-refractivity contribution in [2.24, 2.45) is 0 Å². The average molecular weight is 173 g/mol. The summed E-state index contributed by atoms with van der Waals surface area (Å²) in [6.45, 7) is 3.62. The fourth-order valence-electron chi connectivity index (χ4n) is 0.893. The number of methoxy groups -OCH3 is 1. The Morgan fingerprint density at radius 3 is 2.36 bits per heavy atom. The highest BCUT2D eigenvalue weighted by Crippen LogP contribution is 2.23. The van der Waals surface area contributed by atoms with Crippen LogP contribution < -0.4 is 4.74 Å². The van der Waals surface area contributed by atoms with E-state index in [-0.39, 0.29) is 0 Å². The van der Waals surface area contributed by atoms with Gasteiger partial charge in [0.25, 0.3) is 0 Å². The Hall–Kier alpha value is -0.830. The van der Waals surface area contributed by atoms with E-state index in [0.29, 0.717) is 16.7 Å². The molecule has 0 saturated heterocycles. The molecule has 0 amide bonds. The first-order valence-electron chi connectivity index (χ1n) is 3.20. The third-order valence-corrected chi connectivity index (χ3v) is 1.57.